The number of nitrogens with one attached hydrogen (secondary N) is 2. The highest BCUT2D eigenvalue weighted by atomic mass is 32.2. The average molecular weight is 466 g/mol. The van der Waals surface area contributed by atoms with Crippen LogP contribution in [-0.2, 0) is 9.53 Å². The third-order valence-electron chi connectivity index (χ3n) is 5.10. The van der Waals surface area contributed by atoms with Gasteiger partial charge in [-0.05, 0) is 32.2 Å². The summed E-state index contributed by atoms with van der Waals surface area (Å²) >= 11 is 1.51. The highest BCUT2D eigenvalue weighted by molar-refractivity contribution is 7.98. The Morgan fingerprint density at radius 2 is 1.88 bits per heavy atom. The van der Waals surface area contributed by atoms with Gasteiger partial charge in [0.15, 0.2) is 0 Å². The number of hydrogen-bond acceptors (Lipinski definition) is 9. The largest absolute Gasteiger partial charge is 0.372 e. The van der Waals surface area contributed by atoms with Gasteiger partial charge in [0, 0.05) is 37.8 Å². The monoisotopic (exact) mass is 465 g/mol. The van der Waals surface area contributed by atoms with E-state index >= 15 is 0 Å². The van der Waals surface area contributed by atoms with Crippen molar-refractivity contribution in [2.45, 2.75) is 38.0 Å². The van der Waals surface area contributed by atoms with Crippen LogP contribution in [-0.4, -0.2) is 57.4 Å². The smallest absolute Gasteiger partial charge is 0.222 e. The maximum atomic E-state index is 11.5. The van der Waals surface area contributed by atoms with Gasteiger partial charge in [0.25, 0.3) is 0 Å². The second kappa shape index (κ2) is 10.1. The van der Waals surface area contributed by atoms with E-state index in [1.54, 1.807) is 24.7 Å². The summed E-state index contributed by atoms with van der Waals surface area (Å²) in [6.07, 6.45) is 9.22. The van der Waals surface area contributed by atoms with Crippen LogP contribution in [0.25, 0.3) is 11.3 Å². The highest BCUT2D eigenvalue weighted by Crippen LogP contribution is 2.31. The van der Waals surface area contributed by atoms with E-state index in [0.29, 0.717) is 11.6 Å². The van der Waals surface area contributed by atoms with Crippen molar-refractivity contribution in [2.24, 2.45) is 0 Å². The molecule has 172 valence electrons. The third kappa shape index (κ3) is 5.77. The molecule has 0 aromatic carbocycles. The number of morpholine rings is 1. The number of aromatic nitrogens is 4. The molecule has 2 N–H and O–H groups in total. The molecule has 3 aromatic rings. The zero-order chi connectivity index (χ0) is 23.4. The van der Waals surface area contributed by atoms with Crippen LogP contribution in [0.5, 0.6) is 0 Å². The summed E-state index contributed by atoms with van der Waals surface area (Å²) in [5, 5.41) is 6.83. The van der Waals surface area contributed by atoms with Crippen LogP contribution in [0.3, 0.4) is 0 Å². The summed E-state index contributed by atoms with van der Waals surface area (Å²) in [5.74, 6) is 0.841. The fourth-order valence-corrected chi connectivity index (χ4v) is 4.13. The Hall–Kier alpha value is -3.24. The van der Waals surface area contributed by atoms with Crippen LogP contribution < -0.4 is 15.5 Å². The van der Waals surface area contributed by atoms with Gasteiger partial charge in [-0.1, -0.05) is 0 Å². The molecule has 33 heavy (non-hydrogen) atoms. The summed E-state index contributed by atoms with van der Waals surface area (Å²) in [5.41, 5.74) is 3.31. The summed E-state index contributed by atoms with van der Waals surface area (Å²) in [6.45, 7) is 7.27. The Morgan fingerprint density at radius 3 is 2.55 bits per heavy atom. The number of nitrogens with zero attached hydrogens (tertiary/aromatic N) is 5. The van der Waals surface area contributed by atoms with Gasteiger partial charge in [-0.15, -0.1) is 11.8 Å². The lowest BCUT2D eigenvalue weighted by atomic mass is 10.1. The molecule has 0 spiro atoms. The first-order valence-corrected chi connectivity index (χ1v) is 11.9. The Morgan fingerprint density at radius 1 is 1.09 bits per heavy atom. The van der Waals surface area contributed by atoms with Crippen molar-refractivity contribution in [1.82, 2.24) is 19.9 Å². The molecule has 0 saturated carbocycles. The first-order chi connectivity index (χ1) is 15.9. The molecule has 1 aliphatic rings. The summed E-state index contributed by atoms with van der Waals surface area (Å²) in [7, 11) is 0. The van der Waals surface area contributed by atoms with Gasteiger partial charge in [-0.25, -0.2) is 9.97 Å². The maximum absolute atomic E-state index is 11.5. The number of carbonyl (C=O) groups is 1. The molecule has 2 atom stereocenters. The minimum absolute atomic E-state index is 0.174. The molecule has 0 radical (unpaired) electrons. The van der Waals surface area contributed by atoms with Crippen molar-refractivity contribution in [3.8, 4) is 11.3 Å². The van der Waals surface area contributed by atoms with E-state index in [1.165, 1.54) is 18.7 Å². The summed E-state index contributed by atoms with van der Waals surface area (Å²) in [6, 6.07) is 5.81. The number of anilines is 4. The van der Waals surface area contributed by atoms with Gasteiger partial charge >= 0.3 is 0 Å². The third-order valence-corrected chi connectivity index (χ3v) is 5.72. The molecule has 1 aliphatic heterocycles. The number of rotatable bonds is 6. The topological polar surface area (TPSA) is 105 Å². The second-order valence-corrected chi connectivity index (χ2v) is 8.76. The van der Waals surface area contributed by atoms with Crippen molar-refractivity contribution >= 4 is 40.7 Å². The molecule has 1 amide bonds. The number of carbonyl (C=O) groups excluding carboxylic acids is 1. The SMILES string of the molecule is CSc1cncc(Nc2cc(NC(C)=O)ncc2-c2ccc(N3CC(C)OC(C)C3)cn2)n1. The lowest BCUT2D eigenvalue weighted by Crippen LogP contribution is -2.45. The molecule has 1 fully saturated rings. The number of pyridine rings is 2. The lowest BCUT2D eigenvalue weighted by molar-refractivity contribution is -0.114. The van der Waals surface area contributed by atoms with Crippen molar-refractivity contribution < 1.29 is 9.53 Å². The molecule has 9 nitrogen and oxygen atoms in total. The number of thioether (sulfide) groups is 1. The van der Waals surface area contributed by atoms with E-state index in [4.69, 9.17) is 9.72 Å². The molecule has 3 aromatic heterocycles. The van der Waals surface area contributed by atoms with Crippen LogP contribution in [0.15, 0.2) is 48.0 Å². The molecule has 0 aliphatic carbocycles. The van der Waals surface area contributed by atoms with Crippen LogP contribution in [0.2, 0.25) is 0 Å². The first kappa shape index (κ1) is 22.9. The van der Waals surface area contributed by atoms with E-state index in [-0.39, 0.29) is 18.1 Å². The fraction of sp³-hybridized carbons (Fsp3) is 0.348. The van der Waals surface area contributed by atoms with Gasteiger partial charge in [-0.2, -0.15) is 0 Å². The van der Waals surface area contributed by atoms with E-state index in [1.807, 2.05) is 18.5 Å². The van der Waals surface area contributed by atoms with E-state index < -0.39 is 0 Å². The standard InChI is InChI=1S/C23H27N7O2S/c1-14-12-30(13-15(2)32-14)17-5-6-19(25-8-17)18-9-26-21(27-16(3)31)7-20(18)28-22-10-24-11-23(29-22)33-4/h5-11,14-15H,12-13H2,1-4H3,(H2,26,27,28,29,31). The molecule has 4 heterocycles. The normalized spacial score (nSPS) is 18.1. The molecule has 4 rings (SSSR count). The predicted molar refractivity (Wildman–Crippen MR) is 131 cm³/mol. The zero-order valence-corrected chi connectivity index (χ0v) is 19.9. The fourth-order valence-electron chi connectivity index (χ4n) is 3.78. The Kier molecular flexibility index (Phi) is 7.05. The van der Waals surface area contributed by atoms with E-state index in [9.17, 15) is 4.79 Å². The van der Waals surface area contributed by atoms with Crippen molar-refractivity contribution in [2.75, 3.05) is 34.9 Å². The molecule has 10 heteroatoms. The zero-order valence-electron chi connectivity index (χ0n) is 19.1. The van der Waals surface area contributed by atoms with Crippen LogP contribution in [0.1, 0.15) is 20.8 Å². The highest BCUT2D eigenvalue weighted by Gasteiger charge is 2.22. The molecule has 1 saturated heterocycles. The van der Waals surface area contributed by atoms with Gasteiger partial charge in [0.1, 0.15) is 16.7 Å². The number of ether oxygens (including phenoxy) is 1. The second-order valence-electron chi connectivity index (χ2n) is 7.93. The average Bonchev–Trinajstić information content (AvgIpc) is 2.78. The molecule has 0 bridgehead atoms. The molecule has 2 unspecified atom stereocenters. The number of hydrogen-bond donors (Lipinski definition) is 2. The Labute approximate surface area is 197 Å². The van der Waals surface area contributed by atoms with Crippen molar-refractivity contribution in [3.63, 3.8) is 0 Å². The van der Waals surface area contributed by atoms with E-state index in [0.717, 1.165) is 40.7 Å². The first-order valence-electron chi connectivity index (χ1n) is 10.7. The summed E-state index contributed by atoms with van der Waals surface area (Å²) in [4.78, 5) is 31.7. The van der Waals surface area contributed by atoms with Crippen LogP contribution in [0, 0.1) is 0 Å². The molecular formula is C23H27N7O2S. The van der Waals surface area contributed by atoms with Gasteiger partial charge in [0.05, 0.1) is 47.9 Å². The van der Waals surface area contributed by atoms with Crippen molar-refractivity contribution in [3.05, 3.63) is 43.0 Å². The lowest BCUT2D eigenvalue weighted by Gasteiger charge is -2.36. The van der Waals surface area contributed by atoms with Crippen LogP contribution >= 0.6 is 11.8 Å². The Bertz CT molecular complexity index is 1120. The van der Waals surface area contributed by atoms with Gasteiger partial charge in [-0.3, -0.25) is 14.8 Å². The quantitative estimate of drug-likeness (QED) is 0.523. The predicted octanol–water partition coefficient (Wildman–Crippen LogP) is 3.97. The molecular weight excluding hydrogens is 438 g/mol. The Balaban J connectivity index is 1.65. The van der Waals surface area contributed by atoms with Crippen LogP contribution in [0.4, 0.5) is 23.0 Å². The minimum atomic E-state index is -0.193. The van der Waals surface area contributed by atoms with Gasteiger partial charge in [0.2, 0.25) is 5.91 Å². The maximum Gasteiger partial charge on any atom is 0.222 e. The van der Waals surface area contributed by atoms with E-state index in [2.05, 4.69) is 50.4 Å². The summed E-state index contributed by atoms with van der Waals surface area (Å²) < 4.78 is 5.84. The van der Waals surface area contributed by atoms with Gasteiger partial charge < -0.3 is 20.3 Å². The minimum Gasteiger partial charge on any atom is -0.372 e. The number of amides is 1. The van der Waals surface area contributed by atoms with Crippen molar-refractivity contribution in [1.29, 1.82) is 0 Å².